The summed E-state index contributed by atoms with van der Waals surface area (Å²) in [6.45, 7) is 5.44. The molecule has 1 aromatic rings. The molecule has 1 aromatic heterocycles. The molecule has 1 heterocycles. The van der Waals surface area contributed by atoms with Crippen molar-refractivity contribution < 1.29 is 4.21 Å². The van der Waals surface area contributed by atoms with Crippen LogP contribution in [0.1, 0.15) is 13.8 Å². The SMILES string of the molecule is CCNc1cc(NCCS(=O)CC)nc(SC)n1. The third kappa shape index (κ3) is 5.22. The van der Waals surface area contributed by atoms with E-state index in [0.717, 1.165) is 23.3 Å². The molecule has 2 N–H and O–H groups in total. The predicted octanol–water partition coefficient (Wildman–Crippen LogP) is 1.81. The second-order valence-electron chi connectivity index (χ2n) is 3.51. The first-order valence-electron chi connectivity index (χ1n) is 5.95. The Labute approximate surface area is 115 Å². The summed E-state index contributed by atoms with van der Waals surface area (Å²) in [5.41, 5.74) is 0. The van der Waals surface area contributed by atoms with Crippen molar-refractivity contribution in [3.8, 4) is 0 Å². The Morgan fingerprint density at radius 2 is 1.94 bits per heavy atom. The Balaban J connectivity index is 2.63. The van der Waals surface area contributed by atoms with Crippen LogP contribution >= 0.6 is 11.8 Å². The lowest BCUT2D eigenvalue weighted by atomic mass is 10.5. The van der Waals surface area contributed by atoms with Gasteiger partial charge in [-0.2, -0.15) is 0 Å². The van der Waals surface area contributed by atoms with Crippen LogP contribution in [0, 0.1) is 0 Å². The predicted molar refractivity (Wildman–Crippen MR) is 80.0 cm³/mol. The van der Waals surface area contributed by atoms with E-state index >= 15 is 0 Å². The van der Waals surface area contributed by atoms with Crippen molar-refractivity contribution in [2.75, 3.05) is 41.5 Å². The fourth-order valence-electron chi connectivity index (χ4n) is 1.32. The highest BCUT2D eigenvalue weighted by Gasteiger charge is 2.03. The van der Waals surface area contributed by atoms with Crippen molar-refractivity contribution in [1.29, 1.82) is 0 Å². The van der Waals surface area contributed by atoms with Crippen LogP contribution in [0.5, 0.6) is 0 Å². The number of thioether (sulfide) groups is 1. The number of anilines is 2. The van der Waals surface area contributed by atoms with Gasteiger partial charge in [0.25, 0.3) is 0 Å². The van der Waals surface area contributed by atoms with E-state index in [1.54, 1.807) is 0 Å². The molecule has 7 heteroatoms. The molecule has 5 nitrogen and oxygen atoms in total. The normalized spacial score (nSPS) is 12.2. The first-order valence-corrected chi connectivity index (χ1v) is 8.66. The number of hydrogen-bond acceptors (Lipinski definition) is 6. The van der Waals surface area contributed by atoms with Crippen molar-refractivity contribution >= 4 is 34.2 Å². The minimum Gasteiger partial charge on any atom is -0.370 e. The summed E-state index contributed by atoms with van der Waals surface area (Å²) >= 11 is 1.51. The van der Waals surface area contributed by atoms with Gasteiger partial charge in [0, 0.05) is 41.5 Å². The van der Waals surface area contributed by atoms with E-state index in [4.69, 9.17) is 0 Å². The van der Waals surface area contributed by atoms with Crippen molar-refractivity contribution in [3.63, 3.8) is 0 Å². The maximum Gasteiger partial charge on any atom is 0.191 e. The molecule has 1 rings (SSSR count). The fraction of sp³-hybridized carbons (Fsp3) is 0.636. The van der Waals surface area contributed by atoms with Crippen molar-refractivity contribution in [3.05, 3.63) is 6.07 Å². The average Bonchev–Trinajstić information content (AvgIpc) is 2.38. The number of aromatic nitrogens is 2. The maximum absolute atomic E-state index is 11.3. The zero-order valence-corrected chi connectivity index (χ0v) is 12.7. The van der Waals surface area contributed by atoms with Crippen LogP contribution in [0.15, 0.2) is 11.2 Å². The lowest BCUT2D eigenvalue weighted by Crippen LogP contribution is -2.13. The summed E-state index contributed by atoms with van der Waals surface area (Å²) in [7, 11) is -0.743. The molecule has 102 valence electrons. The second kappa shape index (κ2) is 8.31. The zero-order chi connectivity index (χ0) is 13.4. The Morgan fingerprint density at radius 3 is 2.50 bits per heavy atom. The van der Waals surface area contributed by atoms with Gasteiger partial charge in [-0.1, -0.05) is 18.7 Å². The van der Waals surface area contributed by atoms with Gasteiger partial charge in [-0.05, 0) is 13.2 Å². The molecule has 0 saturated carbocycles. The van der Waals surface area contributed by atoms with Gasteiger partial charge >= 0.3 is 0 Å². The molecular weight excluding hydrogens is 268 g/mol. The monoisotopic (exact) mass is 288 g/mol. The number of nitrogens with zero attached hydrogens (tertiary/aromatic N) is 2. The summed E-state index contributed by atoms with van der Waals surface area (Å²) in [6, 6.07) is 1.87. The van der Waals surface area contributed by atoms with Gasteiger partial charge in [0.2, 0.25) is 0 Å². The molecule has 0 saturated heterocycles. The third-order valence-electron chi connectivity index (χ3n) is 2.20. The van der Waals surface area contributed by atoms with E-state index in [0.29, 0.717) is 18.1 Å². The molecule has 0 aliphatic rings. The van der Waals surface area contributed by atoms with E-state index < -0.39 is 10.8 Å². The number of hydrogen-bond donors (Lipinski definition) is 2. The van der Waals surface area contributed by atoms with Crippen molar-refractivity contribution in [2.45, 2.75) is 19.0 Å². The highest BCUT2D eigenvalue weighted by Crippen LogP contribution is 2.16. The summed E-state index contributed by atoms with van der Waals surface area (Å²) in [4.78, 5) is 8.70. The van der Waals surface area contributed by atoms with Crippen LogP contribution < -0.4 is 10.6 Å². The second-order valence-corrected chi connectivity index (χ2v) is 6.15. The molecule has 0 amide bonds. The van der Waals surface area contributed by atoms with Crippen LogP contribution in [0.25, 0.3) is 0 Å². The summed E-state index contributed by atoms with van der Waals surface area (Å²) in [5.74, 6) is 2.94. The Bertz CT molecular complexity index is 401. The minimum atomic E-state index is -0.743. The Morgan fingerprint density at radius 1 is 1.28 bits per heavy atom. The highest BCUT2D eigenvalue weighted by molar-refractivity contribution is 7.98. The molecular formula is C11H20N4OS2. The number of nitrogens with one attached hydrogen (secondary N) is 2. The Hall–Kier alpha value is -0.820. The third-order valence-corrected chi connectivity index (χ3v) is 4.06. The standard InChI is InChI=1S/C11H20N4OS2/c1-4-12-9-8-10(15-11(14-9)17-3)13-6-7-18(16)5-2/h8H,4-7H2,1-3H3,(H2,12,13,14,15). The molecule has 0 spiro atoms. The maximum atomic E-state index is 11.3. The highest BCUT2D eigenvalue weighted by atomic mass is 32.2. The van der Waals surface area contributed by atoms with Gasteiger partial charge in [-0.25, -0.2) is 9.97 Å². The van der Waals surface area contributed by atoms with E-state index in [1.165, 1.54) is 11.8 Å². The van der Waals surface area contributed by atoms with E-state index in [9.17, 15) is 4.21 Å². The van der Waals surface area contributed by atoms with Crippen LogP contribution in [-0.2, 0) is 10.8 Å². The van der Waals surface area contributed by atoms with E-state index in [-0.39, 0.29) is 0 Å². The minimum absolute atomic E-state index is 0.644. The molecule has 1 unspecified atom stereocenters. The Kier molecular flexibility index (Phi) is 7.04. The molecule has 0 aliphatic carbocycles. The van der Waals surface area contributed by atoms with Gasteiger partial charge in [-0.3, -0.25) is 4.21 Å². The van der Waals surface area contributed by atoms with Crippen LogP contribution in [0.3, 0.4) is 0 Å². The van der Waals surface area contributed by atoms with Gasteiger partial charge in [-0.15, -0.1) is 0 Å². The van der Waals surface area contributed by atoms with Gasteiger partial charge in [0.1, 0.15) is 11.6 Å². The topological polar surface area (TPSA) is 66.9 Å². The van der Waals surface area contributed by atoms with E-state index in [1.807, 2.05) is 26.2 Å². The number of rotatable bonds is 8. The average molecular weight is 288 g/mol. The lowest BCUT2D eigenvalue weighted by Gasteiger charge is -2.09. The van der Waals surface area contributed by atoms with Crippen LogP contribution in [-0.4, -0.2) is 45.0 Å². The summed E-state index contributed by atoms with van der Waals surface area (Å²) in [6.07, 6.45) is 1.95. The zero-order valence-electron chi connectivity index (χ0n) is 11.0. The van der Waals surface area contributed by atoms with Gasteiger partial charge in [0.15, 0.2) is 5.16 Å². The molecule has 0 radical (unpaired) electrons. The molecule has 18 heavy (non-hydrogen) atoms. The van der Waals surface area contributed by atoms with E-state index in [2.05, 4.69) is 20.6 Å². The smallest absolute Gasteiger partial charge is 0.191 e. The fourth-order valence-corrected chi connectivity index (χ4v) is 2.31. The molecule has 0 fully saturated rings. The molecule has 1 atom stereocenters. The molecule has 0 aliphatic heterocycles. The van der Waals surface area contributed by atoms with Gasteiger partial charge in [0.05, 0.1) is 0 Å². The summed E-state index contributed by atoms with van der Waals surface area (Å²) < 4.78 is 11.3. The first kappa shape index (κ1) is 15.2. The van der Waals surface area contributed by atoms with Gasteiger partial charge < -0.3 is 10.6 Å². The van der Waals surface area contributed by atoms with Crippen molar-refractivity contribution in [1.82, 2.24) is 9.97 Å². The van der Waals surface area contributed by atoms with Crippen molar-refractivity contribution in [2.24, 2.45) is 0 Å². The van der Waals surface area contributed by atoms with Crippen LogP contribution in [0.4, 0.5) is 11.6 Å². The molecule has 0 aromatic carbocycles. The molecule has 0 bridgehead atoms. The summed E-state index contributed by atoms with van der Waals surface area (Å²) in [5, 5.41) is 7.08. The first-order chi connectivity index (χ1) is 8.69. The van der Waals surface area contributed by atoms with Crippen LogP contribution in [0.2, 0.25) is 0 Å². The largest absolute Gasteiger partial charge is 0.370 e. The quantitative estimate of drug-likeness (QED) is 0.562. The lowest BCUT2D eigenvalue weighted by molar-refractivity contribution is 0.684.